The van der Waals surface area contributed by atoms with Crippen molar-refractivity contribution in [1.29, 1.82) is 0 Å². The fourth-order valence-corrected chi connectivity index (χ4v) is 2.20. The quantitative estimate of drug-likeness (QED) is 0.773. The first-order chi connectivity index (χ1) is 8.83. The van der Waals surface area contributed by atoms with Crippen LogP contribution in [0.5, 0.6) is 5.75 Å². The van der Waals surface area contributed by atoms with Crippen molar-refractivity contribution in [1.82, 2.24) is 0 Å². The second-order valence-corrected chi connectivity index (χ2v) is 4.42. The van der Waals surface area contributed by atoms with Crippen molar-refractivity contribution in [2.75, 3.05) is 6.61 Å². The van der Waals surface area contributed by atoms with Gasteiger partial charge in [0.1, 0.15) is 11.5 Å². The van der Waals surface area contributed by atoms with E-state index in [1.54, 1.807) is 6.26 Å². The molecule has 0 radical (unpaired) electrons. The second-order valence-electron chi connectivity index (χ2n) is 4.42. The number of carbonyl (C=O) groups is 1. The van der Waals surface area contributed by atoms with Gasteiger partial charge in [0, 0.05) is 24.8 Å². The highest BCUT2D eigenvalue weighted by Gasteiger charge is 2.15. The van der Waals surface area contributed by atoms with Gasteiger partial charge < -0.3 is 9.15 Å². The van der Waals surface area contributed by atoms with E-state index in [1.165, 1.54) is 0 Å². The number of hydrogen-bond acceptors (Lipinski definition) is 3. The summed E-state index contributed by atoms with van der Waals surface area (Å²) in [4.78, 5) is 12.1. The Balaban J connectivity index is 1.69. The van der Waals surface area contributed by atoms with Crippen LogP contribution in [0.3, 0.4) is 0 Å². The maximum absolute atomic E-state index is 12.1. The zero-order valence-corrected chi connectivity index (χ0v) is 10.0. The summed E-state index contributed by atoms with van der Waals surface area (Å²) in [7, 11) is 0. The molecule has 0 saturated carbocycles. The van der Waals surface area contributed by atoms with E-state index in [0.29, 0.717) is 12.8 Å². The first-order valence-corrected chi connectivity index (χ1v) is 6.14. The Morgan fingerprint density at radius 3 is 3.06 bits per heavy atom. The Morgan fingerprint density at radius 1 is 1.28 bits per heavy atom. The number of furan rings is 1. The van der Waals surface area contributed by atoms with Gasteiger partial charge in [0.25, 0.3) is 0 Å². The van der Waals surface area contributed by atoms with Gasteiger partial charge >= 0.3 is 0 Å². The molecule has 0 aliphatic carbocycles. The first-order valence-electron chi connectivity index (χ1n) is 6.14. The van der Waals surface area contributed by atoms with E-state index >= 15 is 0 Å². The lowest BCUT2D eigenvalue weighted by Crippen LogP contribution is -2.01. The Kier molecular flexibility index (Phi) is 2.89. The van der Waals surface area contributed by atoms with Crippen LogP contribution in [0.4, 0.5) is 0 Å². The minimum atomic E-state index is 0.154. The van der Waals surface area contributed by atoms with Crippen LogP contribution in [0.25, 0.3) is 0 Å². The third-order valence-electron chi connectivity index (χ3n) is 3.19. The topological polar surface area (TPSA) is 39.4 Å². The van der Waals surface area contributed by atoms with Crippen molar-refractivity contribution in [3.63, 3.8) is 0 Å². The summed E-state index contributed by atoms with van der Waals surface area (Å²) < 4.78 is 10.6. The van der Waals surface area contributed by atoms with E-state index in [-0.39, 0.29) is 5.78 Å². The summed E-state index contributed by atoms with van der Waals surface area (Å²) in [5.41, 5.74) is 1.91. The number of Topliss-reactive ketones (excluding diaryl/α,β-unsaturated/α-hetero) is 1. The molecule has 3 rings (SSSR count). The smallest absolute Gasteiger partial charge is 0.163 e. The molecule has 1 aromatic heterocycles. The number of ether oxygens (including phenoxy) is 1. The van der Waals surface area contributed by atoms with Crippen LogP contribution in [0.2, 0.25) is 0 Å². The van der Waals surface area contributed by atoms with Crippen LogP contribution in [0, 0.1) is 0 Å². The number of carbonyl (C=O) groups excluding carboxylic acids is 1. The molecule has 3 heteroatoms. The van der Waals surface area contributed by atoms with Crippen LogP contribution in [-0.4, -0.2) is 12.4 Å². The summed E-state index contributed by atoms with van der Waals surface area (Å²) >= 11 is 0. The molecule has 0 atom stereocenters. The molecule has 1 aliphatic rings. The molecule has 1 aliphatic heterocycles. The monoisotopic (exact) mass is 242 g/mol. The van der Waals surface area contributed by atoms with Crippen molar-refractivity contribution in [3.8, 4) is 5.75 Å². The van der Waals surface area contributed by atoms with Crippen LogP contribution >= 0.6 is 0 Å². The Bertz CT molecular complexity index is 555. The third kappa shape index (κ3) is 2.16. The summed E-state index contributed by atoms with van der Waals surface area (Å²) in [6, 6.07) is 9.42. The summed E-state index contributed by atoms with van der Waals surface area (Å²) in [5.74, 6) is 1.92. The zero-order valence-electron chi connectivity index (χ0n) is 10.0. The van der Waals surface area contributed by atoms with E-state index in [4.69, 9.17) is 9.15 Å². The average Bonchev–Trinajstić information content (AvgIpc) is 3.05. The van der Waals surface area contributed by atoms with Crippen molar-refractivity contribution in [3.05, 3.63) is 53.5 Å². The lowest BCUT2D eigenvalue weighted by Gasteiger charge is -2.03. The van der Waals surface area contributed by atoms with Crippen molar-refractivity contribution in [2.45, 2.75) is 19.3 Å². The van der Waals surface area contributed by atoms with Gasteiger partial charge in [0.15, 0.2) is 5.78 Å². The predicted octanol–water partition coefficient (Wildman–Crippen LogP) is 3.03. The van der Waals surface area contributed by atoms with Crippen LogP contribution < -0.4 is 4.74 Å². The molecule has 92 valence electrons. The number of rotatable bonds is 4. The van der Waals surface area contributed by atoms with Crippen LogP contribution in [0.1, 0.15) is 28.1 Å². The number of aryl methyl sites for hydroxylation is 1. The minimum Gasteiger partial charge on any atom is -0.493 e. The largest absolute Gasteiger partial charge is 0.493 e. The predicted molar refractivity (Wildman–Crippen MR) is 67.0 cm³/mol. The molecular weight excluding hydrogens is 228 g/mol. The van der Waals surface area contributed by atoms with Gasteiger partial charge in [-0.05, 0) is 35.9 Å². The molecule has 1 aromatic carbocycles. The fourth-order valence-electron chi connectivity index (χ4n) is 2.20. The molecule has 2 aromatic rings. The number of benzene rings is 1. The molecule has 18 heavy (non-hydrogen) atoms. The van der Waals surface area contributed by atoms with Gasteiger partial charge in [-0.2, -0.15) is 0 Å². The van der Waals surface area contributed by atoms with E-state index in [9.17, 15) is 4.79 Å². The average molecular weight is 242 g/mol. The molecule has 0 spiro atoms. The summed E-state index contributed by atoms with van der Waals surface area (Å²) in [6.07, 6.45) is 3.66. The van der Waals surface area contributed by atoms with Gasteiger partial charge in [-0.15, -0.1) is 0 Å². The zero-order chi connectivity index (χ0) is 12.4. The van der Waals surface area contributed by atoms with E-state index in [1.807, 2.05) is 30.3 Å². The van der Waals surface area contributed by atoms with Gasteiger partial charge in [-0.1, -0.05) is 0 Å². The number of hydrogen-bond donors (Lipinski definition) is 0. The molecular formula is C15H14O3. The first kappa shape index (κ1) is 11.1. The lowest BCUT2D eigenvalue weighted by atomic mass is 10.0. The highest BCUT2D eigenvalue weighted by Crippen LogP contribution is 2.26. The highest BCUT2D eigenvalue weighted by atomic mass is 16.5. The molecule has 0 unspecified atom stereocenters. The number of ketones is 1. The van der Waals surface area contributed by atoms with Crippen molar-refractivity contribution >= 4 is 5.78 Å². The second kappa shape index (κ2) is 4.69. The molecule has 0 amide bonds. The molecule has 0 N–H and O–H groups in total. The lowest BCUT2D eigenvalue weighted by molar-refractivity contribution is 0.0981. The molecule has 0 fully saturated rings. The van der Waals surface area contributed by atoms with Gasteiger partial charge in [-0.25, -0.2) is 0 Å². The molecule has 0 bridgehead atoms. The maximum atomic E-state index is 12.1. The Labute approximate surface area is 105 Å². The Hall–Kier alpha value is -2.03. The van der Waals surface area contributed by atoms with E-state index in [2.05, 4.69) is 0 Å². The number of fused-ring (bicyclic) bond motifs is 1. The highest BCUT2D eigenvalue weighted by molar-refractivity contribution is 5.96. The normalized spacial score (nSPS) is 13.1. The molecule has 0 saturated heterocycles. The van der Waals surface area contributed by atoms with Crippen molar-refractivity contribution in [2.24, 2.45) is 0 Å². The summed E-state index contributed by atoms with van der Waals surface area (Å²) in [6.45, 7) is 0.722. The fraction of sp³-hybridized carbons (Fsp3) is 0.267. The SMILES string of the molecule is O=C(CCc1ccco1)c1ccc2c(c1)CCO2. The van der Waals surface area contributed by atoms with Gasteiger partial charge in [0.2, 0.25) is 0 Å². The Morgan fingerprint density at radius 2 is 2.22 bits per heavy atom. The van der Waals surface area contributed by atoms with Gasteiger partial charge in [0.05, 0.1) is 12.9 Å². The maximum Gasteiger partial charge on any atom is 0.163 e. The summed E-state index contributed by atoms with van der Waals surface area (Å²) in [5, 5.41) is 0. The molecule has 2 heterocycles. The van der Waals surface area contributed by atoms with Crippen LogP contribution in [-0.2, 0) is 12.8 Å². The third-order valence-corrected chi connectivity index (χ3v) is 3.19. The molecule has 3 nitrogen and oxygen atoms in total. The van der Waals surface area contributed by atoms with E-state index in [0.717, 1.165) is 35.7 Å². The standard InChI is InChI=1S/C15H14O3/c16-14(5-4-13-2-1-8-17-13)11-3-6-15-12(10-11)7-9-18-15/h1-3,6,8,10H,4-5,7,9H2. The van der Waals surface area contributed by atoms with Crippen molar-refractivity contribution < 1.29 is 13.9 Å². The minimum absolute atomic E-state index is 0.154. The van der Waals surface area contributed by atoms with Gasteiger partial charge in [-0.3, -0.25) is 4.79 Å². The van der Waals surface area contributed by atoms with Crippen LogP contribution in [0.15, 0.2) is 41.0 Å². The van der Waals surface area contributed by atoms with E-state index < -0.39 is 0 Å².